The first-order valence-electron chi connectivity index (χ1n) is 17.6. The van der Waals surface area contributed by atoms with E-state index in [1.807, 2.05) is 0 Å². The van der Waals surface area contributed by atoms with E-state index < -0.39 is 0 Å². The number of fused-ring (bicyclic) bond motifs is 10. The van der Waals surface area contributed by atoms with Gasteiger partial charge in [-0.2, -0.15) is 0 Å². The Balaban J connectivity index is 1.20. The van der Waals surface area contributed by atoms with Gasteiger partial charge in [0.15, 0.2) is 0 Å². The number of hydrogen-bond donors (Lipinski definition) is 0. The van der Waals surface area contributed by atoms with Crippen molar-refractivity contribution in [2.45, 2.75) is 0 Å². The van der Waals surface area contributed by atoms with Gasteiger partial charge < -0.3 is 4.42 Å². The fourth-order valence-corrected chi connectivity index (χ4v) is 8.60. The van der Waals surface area contributed by atoms with Crippen LogP contribution in [0.1, 0.15) is 0 Å². The summed E-state index contributed by atoms with van der Waals surface area (Å²) in [5.74, 6) is 0. The van der Waals surface area contributed by atoms with E-state index in [0.717, 1.165) is 27.3 Å². The average Bonchev–Trinajstić information content (AvgIpc) is 3.60. The van der Waals surface area contributed by atoms with Gasteiger partial charge in [0.2, 0.25) is 0 Å². The van der Waals surface area contributed by atoms with E-state index >= 15 is 0 Å². The van der Waals surface area contributed by atoms with Gasteiger partial charge in [0.1, 0.15) is 11.2 Å². The zero-order valence-electron chi connectivity index (χ0n) is 27.7. The Bertz CT molecular complexity index is 3130. The van der Waals surface area contributed by atoms with E-state index in [-0.39, 0.29) is 0 Å². The van der Waals surface area contributed by atoms with Gasteiger partial charge in [0.05, 0.1) is 0 Å². The Morgan fingerprint density at radius 3 is 1.63 bits per heavy atom. The highest BCUT2D eigenvalue weighted by Gasteiger charge is 2.21. The lowest BCUT2D eigenvalue weighted by atomic mass is 9.83. The maximum absolute atomic E-state index is 6.66. The molecule has 1 heteroatoms. The second-order valence-corrected chi connectivity index (χ2v) is 13.6. The second kappa shape index (κ2) is 10.9. The van der Waals surface area contributed by atoms with Gasteiger partial charge in [-0.15, -0.1) is 0 Å². The first-order chi connectivity index (χ1) is 25.3. The first kappa shape index (κ1) is 28.2. The Kier molecular flexibility index (Phi) is 6.02. The summed E-state index contributed by atoms with van der Waals surface area (Å²) in [4.78, 5) is 0. The lowest BCUT2D eigenvalue weighted by Crippen LogP contribution is -1.92. The lowest BCUT2D eigenvalue weighted by Gasteiger charge is -2.19. The highest BCUT2D eigenvalue weighted by Crippen LogP contribution is 2.48. The van der Waals surface area contributed by atoms with E-state index in [0.29, 0.717) is 0 Å². The summed E-state index contributed by atoms with van der Waals surface area (Å²) in [6.07, 6.45) is 0. The van der Waals surface area contributed by atoms with Gasteiger partial charge in [-0.25, -0.2) is 0 Å². The van der Waals surface area contributed by atoms with Crippen molar-refractivity contribution in [1.82, 2.24) is 0 Å². The molecule has 1 nitrogen and oxygen atoms in total. The summed E-state index contributed by atoms with van der Waals surface area (Å²) in [5, 5.41) is 14.6. The van der Waals surface area contributed by atoms with Crippen LogP contribution in [0.5, 0.6) is 0 Å². The molecule has 0 N–H and O–H groups in total. The molecule has 0 aliphatic heterocycles. The molecule has 0 atom stereocenters. The van der Waals surface area contributed by atoms with Gasteiger partial charge in [0.25, 0.3) is 0 Å². The van der Waals surface area contributed by atoms with Crippen LogP contribution in [0.15, 0.2) is 186 Å². The monoisotopic (exact) mass is 646 g/mol. The molecule has 1 aromatic heterocycles. The minimum Gasteiger partial charge on any atom is -0.455 e. The average molecular weight is 647 g/mol. The van der Waals surface area contributed by atoms with Crippen molar-refractivity contribution in [1.29, 1.82) is 0 Å². The highest BCUT2D eigenvalue weighted by molar-refractivity contribution is 6.28. The molecule has 0 fully saturated rings. The molecule has 0 amide bonds. The molecule has 0 bridgehead atoms. The maximum Gasteiger partial charge on any atom is 0.143 e. The summed E-state index contributed by atoms with van der Waals surface area (Å²) < 4.78 is 6.66. The second-order valence-electron chi connectivity index (χ2n) is 13.6. The molecule has 51 heavy (non-hydrogen) atoms. The molecule has 0 unspecified atom stereocenters. The Morgan fingerprint density at radius 2 is 0.863 bits per heavy atom. The number of rotatable bonds is 3. The van der Waals surface area contributed by atoms with Crippen LogP contribution < -0.4 is 0 Å². The third-order valence-electron chi connectivity index (χ3n) is 10.8. The number of furan rings is 1. The van der Waals surface area contributed by atoms with Crippen LogP contribution >= 0.6 is 0 Å². The Hall–Kier alpha value is -6.70. The van der Waals surface area contributed by atoms with Crippen LogP contribution in [-0.2, 0) is 0 Å². The summed E-state index contributed by atoms with van der Waals surface area (Å²) >= 11 is 0. The normalized spacial score (nSPS) is 11.9. The minimum atomic E-state index is 0.910. The van der Waals surface area contributed by atoms with Crippen LogP contribution in [-0.4, -0.2) is 0 Å². The smallest absolute Gasteiger partial charge is 0.143 e. The van der Waals surface area contributed by atoms with Crippen molar-refractivity contribution < 1.29 is 4.42 Å². The van der Waals surface area contributed by atoms with Gasteiger partial charge >= 0.3 is 0 Å². The molecule has 10 aromatic carbocycles. The van der Waals surface area contributed by atoms with Crippen molar-refractivity contribution in [2.24, 2.45) is 0 Å². The lowest BCUT2D eigenvalue weighted by molar-refractivity contribution is 0.673. The predicted molar refractivity (Wildman–Crippen MR) is 218 cm³/mol. The van der Waals surface area contributed by atoms with Crippen LogP contribution in [0.4, 0.5) is 0 Å². The summed E-state index contributed by atoms with van der Waals surface area (Å²) in [6, 6.07) is 66.3. The largest absolute Gasteiger partial charge is 0.455 e. The first-order valence-corrected chi connectivity index (χ1v) is 17.6. The maximum atomic E-state index is 6.66. The van der Waals surface area contributed by atoms with Crippen LogP contribution in [0.3, 0.4) is 0 Å². The Morgan fingerprint density at radius 1 is 0.294 bits per heavy atom. The zero-order valence-corrected chi connectivity index (χ0v) is 27.7. The fraction of sp³-hybridized carbons (Fsp3) is 0. The topological polar surface area (TPSA) is 13.1 Å². The van der Waals surface area contributed by atoms with E-state index in [2.05, 4.69) is 182 Å². The molecular formula is C50H30O. The molecule has 0 radical (unpaired) electrons. The van der Waals surface area contributed by atoms with Gasteiger partial charge in [-0.3, -0.25) is 0 Å². The standard InChI is InChI=1S/C50H30O/c1-2-12-31(13-3-1)33-25-27-35-34(30-33)26-28-38-37(35)20-10-21-39(38)47-40-16-6-8-18-42(40)48(43-19-9-7-17-41(43)47)44-22-11-23-46-49(44)45-29-24-32-14-4-5-15-36(32)50(45)51-46/h1-30H. The highest BCUT2D eigenvalue weighted by atomic mass is 16.3. The van der Waals surface area contributed by atoms with Crippen molar-refractivity contribution in [3.63, 3.8) is 0 Å². The van der Waals surface area contributed by atoms with E-state index in [4.69, 9.17) is 4.42 Å². The molecule has 11 rings (SSSR count). The van der Waals surface area contributed by atoms with Gasteiger partial charge in [0, 0.05) is 16.2 Å². The molecule has 0 aliphatic carbocycles. The fourth-order valence-electron chi connectivity index (χ4n) is 8.60. The van der Waals surface area contributed by atoms with Crippen LogP contribution in [0.2, 0.25) is 0 Å². The summed E-state index contributed by atoms with van der Waals surface area (Å²) in [7, 11) is 0. The molecular weight excluding hydrogens is 617 g/mol. The molecule has 11 aromatic rings. The van der Waals surface area contributed by atoms with E-state index in [1.54, 1.807) is 0 Å². The van der Waals surface area contributed by atoms with Crippen molar-refractivity contribution in [3.05, 3.63) is 182 Å². The van der Waals surface area contributed by atoms with E-state index in [1.165, 1.54) is 81.9 Å². The SMILES string of the molecule is c1ccc(-c2ccc3c(ccc4c(-c5c6ccccc6c(-c6cccc7oc8c9ccccc9ccc8c67)c6ccccc56)cccc43)c2)cc1. The van der Waals surface area contributed by atoms with Crippen molar-refractivity contribution in [3.8, 4) is 33.4 Å². The molecule has 236 valence electrons. The molecule has 0 aliphatic rings. The molecule has 0 spiro atoms. The molecule has 0 saturated heterocycles. The van der Waals surface area contributed by atoms with Crippen molar-refractivity contribution in [2.75, 3.05) is 0 Å². The Labute approximate surface area is 294 Å². The van der Waals surface area contributed by atoms with Crippen molar-refractivity contribution >= 4 is 75.8 Å². The number of hydrogen-bond acceptors (Lipinski definition) is 1. The summed E-state index contributed by atoms with van der Waals surface area (Å²) in [5.41, 5.74) is 9.28. The van der Waals surface area contributed by atoms with E-state index in [9.17, 15) is 0 Å². The minimum absolute atomic E-state index is 0.910. The third-order valence-corrected chi connectivity index (χ3v) is 10.8. The molecule has 0 saturated carbocycles. The number of benzene rings is 10. The van der Waals surface area contributed by atoms with Gasteiger partial charge in [-0.1, -0.05) is 164 Å². The van der Waals surface area contributed by atoms with Crippen LogP contribution in [0, 0.1) is 0 Å². The van der Waals surface area contributed by atoms with Crippen LogP contribution in [0.25, 0.3) is 109 Å². The van der Waals surface area contributed by atoms with Gasteiger partial charge in [-0.05, 0) is 100 Å². The zero-order chi connectivity index (χ0) is 33.5. The summed E-state index contributed by atoms with van der Waals surface area (Å²) in [6.45, 7) is 0. The molecule has 1 heterocycles. The third kappa shape index (κ3) is 4.16. The predicted octanol–water partition coefficient (Wildman–Crippen LogP) is 14.4. The quantitative estimate of drug-likeness (QED) is 0.138.